The van der Waals surface area contributed by atoms with E-state index in [2.05, 4.69) is 35.6 Å². The lowest BCUT2D eigenvalue weighted by molar-refractivity contribution is 0.302. The van der Waals surface area contributed by atoms with Gasteiger partial charge in [-0.1, -0.05) is 66.2 Å². The summed E-state index contributed by atoms with van der Waals surface area (Å²) in [7, 11) is 0. The Balaban J connectivity index is 1.47. The summed E-state index contributed by atoms with van der Waals surface area (Å²) in [5.74, 6) is 0.604. The average Bonchev–Trinajstić information content (AvgIpc) is 2.78. The average molecular weight is 420 g/mol. The zero-order valence-electron chi connectivity index (χ0n) is 16.6. The number of hydrogen-bond acceptors (Lipinski definition) is 2. The first-order valence-electron chi connectivity index (χ1n) is 10.0. The molecule has 0 atom stereocenters. The van der Waals surface area contributed by atoms with Crippen molar-refractivity contribution in [2.75, 3.05) is 6.54 Å². The molecule has 152 valence electrons. The molecule has 30 heavy (non-hydrogen) atoms. The molecule has 0 aliphatic heterocycles. The second kappa shape index (κ2) is 9.75. The summed E-state index contributed by atoms with van der Waals surface area (Å²) in [4.78, 5) is 0. The van der Waals surface area contributed by atoms with Crippen molar-refractivity contribution in [1.29, 1.82) is 0 Å². The molecule has 4 rings (SSSR count). The molecule has 0 aliphatic rings. The van der Waals surface area contributed by atoms with Crippen LogP contribution in [0.15, 0.2) is 84.9 Å². The van der Waals surface area contributed by atoms with Gasteiger partial charge in [0.05, 0.1) is 0 Å². The lowest BCUT2D eigenvalue weighted by Crippen LogP contribution is -2.17. The third kappa shape index (κ3) is 5.18. The number of rotatable bonds is 8. The normalized spacial score (nSPS) is 11.0. The van der Waals surface area contributed by atoms with Crippen molar-refractivity contribution in [3.63, 3.8) is 0 Å². The summed E-state index contributed by atoms with van der Waals surface area (Å²) in [6.07, 6.45) is 0.924. The molecular formula is C26H23ClFNO. The minimum absolute atomic E-state index is 0.241. The molecule has 0 saturated heterocycles. The van der Waals surface area contributed by atoms with Gasteiger partial charge in [0.15, 0.2) is 0 Å². The summed E-state index contributed by atoms with van der Waals surface area (Å²) < 4.78 is 19.3. The van der Waals surface area contributed by atoms with Crippen LogP contribution in [0, 0.1) is 5.82 Å². The molecule has 4 aromatic rings. The molecule has 2 nitrogen and oxygen atoms in total. The molecule has 0 spiro atoms. The first kappa shape index (κ1) is 20.4. The second-order valence-electron chi connectivity index (χ2n) is 7.23. The van der Waals surface area contributed by atoms with Gasteiger partial charge >= 0.3 is 0 Å². The molecule has 1 N–H and O–H groups in total. The molecule has 0 aliphatic carbocycles. The van der Waals surface area contributed by atoms with E-state index in [9.17, 15) is 4.39 Å². The van der Waals surface area contributed by atoms with E-state index in [4.69, 9.17) is 16.3 Å². The van der Waals surface area contributed by atoms with Crippen molar-refractivity contribution in [2.45, 2.75) is 19.6 Å². The van der Waals surface area contributed by atoms with E-state index in [0.29, 0.717) is 13.2 Å². The van der Waals surface area contributed by atoms with Gasteiger partial charge in [0, 0.05) is 17.1 Å². The predicted molar refractivity (Wildman–Crippen MR) is 122 cm³/mol. The van der Waals surface area contributed by atoms with Crippen LogP contribution in [0.4, 0.5) is 4.39 Å². The molecule has 0 amide bonds. The molecule has 0 saturated carbocycles. The van der Waals surface area contributed by atoms with Crippen LogP contribution in [0.3, 0.4) is 0 Å². The maximum atomic E-state index is 13.1. The van der Waals surface area contributed by atoms with Gasteiger partial charge in [0.1, 0.15) is 18.2 Å². The van der Waals surface area contributed by atoms with E-state index in [1.165, 1.54) is 28.5 Å². The Kier molecular flexibility index (Phi) is 6.63. The minimum atomic E-state index is -0.241. The van der Waals surface area contributed by atoms with E-state index in [1.54, 1.807) is 12.1 Å². The Hall–Kier alpha value is -2.88. The standard InChI is InChI=1S/C26H23ClFNO/c27-22-10-5-19(6-11-22)15-16-29-17-25-24-4-2-1-3-21(24)9-14-26(25)30-18-20-7-12-23(28)13-8-20/h1-14,29H,15-18H2. The highest BCUT2D eigenvalue weighted by Crippen LogP contribution is 2.29. The Bertz CT molecular complexity index is 1110. The SMILES string of the molecule is Fc1ccc(COc2ccc3ccccc3c2CNCCc2ccc(Cl)cc2)cc1. The fourth-order valence-electron chi connectivity index (χ4n) is 3.47. The van der Waals surface area contributed by atoms with Crippen molar-refractivity contribution < 1.29 is 9.13 Å². The van der Waals surface area contributed by atoms with Crippen LogP contribution >= 0.6 is 11.6 Å². The first-order valence-corrected chi connectivity index (χ1v) is 10.4. The molecule has 0 radical (unpaired) electrons. The number of fused-ring (bicyclic) bond motifs is 1. The van der Waals surface area contributed by atoms with Crippen LogP contribution in [0.5, 0.6) is 5.75 Å². The fourth-order valence-corrected chi connectivity index (χ4v) is 3.60. The van der Waals surface area contributed by atoms with Crippen molar-refractivity contribution in [3.8, 4) is 5.75 Å². The molecule has 0 bridgehead atoms. The summed E-state index contributed by atoms with van der Waals surface area (Å²) >= 11 is 5.96. The molecule has 0 aromatic heterocycles. The van der Waals surface area contributed by atoms with Gasteiger partial charge in [0.25, 0.3) is 0 Å². The highest BCUT2D eigenvalue weighted by Gasteiger charge is 2.09. The number of hydrogen-bond donors (Lipinski definition) is 1. The van der Waals surface area contributed by atoms with Crippen molar-refractivity contribution in [2.24, 2.45) is 0 Å². The maximum absolute atomic E-state index is 13.1. The summed E-state index contributed by atoms with van der Waals surface area (Å²) in [6, 6.07) is 26.8. The van der Waals surface area contributed by atoms with E-state index in [1.807, 2.05) is 30.3 Å². The van der Waals surface area contributed by atoms with Crippen LogP contribution in [-0.2, 0) is 19.6 Å². The largest absolute Gasteiger partial charge is 0.489 e. The van der Waals surface area contributed by atoms with Crippen molar-refractivity contribution >= 4 is 22.4 Å². The van der Waals surface area contributed by atoms with E-state index >= 15 is 0 Å². The Morgan fingerprint density at radius 2 is 1.53 bits per heavy atom. The number of benzene rings is 4. The van der Waals surface area contributed by atoms with E-state index in [0.717, 1.165) is 34.9 Å². The van der Waals surface area contributed by atoms with Crippen LogP contribution in [0.1, 0.15) is 16.7 Å². The Morgan fingerprint density at radius 1 is 0.800 bits per heavy atom. The van der Waals surface area contributed by atoms with Crippen LogP contribution in [0.2, 0.25) is 5.02 Å². The molecule has 0 unspecified atom stereocenters. The zero-order valence-corrected chi connectivity index (χ0v) is 17.3. The van der Waals surface area contributed by atoms with Crippen molar-refractivity contribution in [1.82, 2.24) is 5.32 Å². The molecule has 4 heteroatoms. The highest BCUT2D eigenvalue weighted by molar-refractivity contribution is 6.30. The maximum Gasteiger partial charge on any atom is 0.124 e. The fraction of sp³-hybridized carbons (Fsp3) is 0.154. The number of halogens is 2. The van der Waals surface area contributed by atoms with Crippen LogP contribution < -0.4 is 10.1 Å². The summed E-state index contributed by atoms with van der Waals surface area (Å²) in [6.45, 7) is 1.95. The topological polar surface area (TPSA) is 21.3 Å². The van der Waals surface area contributed by atoms with Gasteiger partial charge in [-0.05, 0) is 65.2 Å². The third-order valence-electron chi connectivity index (χ3n) is 5.11. The third-order valence-corrected chi connectivity index (χ3v) is 5.36. The molecule has 4 aromatic carbocycles. The van der Waals surface area contributed by atoms with E-state index < -0.39 is 0 Å². The molecule has 0 heterocycles. The summed E-state index contributed by atoms with van der Waals surface area (Å²) in [5, 5.41) is 6.65. The van der Waals surface area contributed by atoms with Gasteiger partial charge < -0.3 is 10.1 Å². The quantitative estimate of drug-likeness (QED) is 0.327. The van der Waals surface area contributed by atoms with Gasteiger partial charge in [-0.15, -0.1) is 0 Å². The van der Waals surface area contributed by atoms with Crippen LogP contribution in [0.25, 0.3) is 10.8 Å². The lowest BCUT2D eigenvalue weighted by Gasteiger charge is -2.15. The summed E-state index contributed by atoms with van der Waals surface area (Å²) in [5.41, 5.74) is 3.31. The van der Waals surface area contributed by atoms with Gasteiger partial charge in [0.2, 0.25) is 0 Å². The van der Waals surface area contributed by atoms with Crippen molar-refractivity contribution in [3.05, 3.63) is 112 Å². The highest BCUT2D eigenvalue weighted by atomic mass is 35.5. The number of nitrogens with one attached hydrogen (secondary N) is 1. The lowest BCUT2D eigenvalue weighted by atomic mass is 10.0. The minimum Gasteiger partial charge on any atom is -0.489 e. The van der Waals surface area contributed by atoms with Gasteiger partial charge in [-0.3, -0.25) is 0 Å². The molecular weight excluding hydrogens is 397 g/mol. The Labute approximate surface area is 181 Å². The number of ether oxygens (including phenoxy) is 1. The van der Waals surface area contributed by atoms with E-state index in [-0.39, 0.29) is 5.82 Å². The van der Waals surface area contributed by atoms with Gasteiger partial charge in [-0.2, -0.15) is 0 Å². The van der Waals surface area contributed by atoms with Gasteiger partial charge in [-0.25, -0.2) is 4.39 Å². The predicted octanol–water partition coefficient (Wildman–Crippen LogP) is 6.54. The molecule has 0 fully saturated rings. The Morgan fingerprint density at radius 3 is 2.33 bits per heavy atom. The zero-order chi connectivity index (χ0) is 20.8. The van der Waals surface area contributed by atoms with Crippen LogP contribution in [-0.4, -0.2) is 6.54 Å². The second-order valence-corrected chi connectivity index (χ2v) is 7.67. The first-order chi connectivity index (χ1) is 14.7. The monoisotopic (exact) mass is 419 g/mol. The smallest absolute Gasteiger partial charge is 0.124 e.